The first-order chi connectivity index (χ1) is 8.29. The number of carbonyl (C=O) groups is 1. The average Bonchev–Trinajstić information content (AvgIpc) is 2.24. The van der Waals surface area contributed by atoms with Gasteiger partial charge in [-0.1, -0.05) is 6.92 Å². The van der Waals surface area contributed by atoms with E-state index in [1.165, 1.54) is 0 Å². The highest BCUT2D eigenvalue weighted by molar-refractivity contribution is 5.79. The number of hydrogen-bond donors (Lipinski definition) is 2. The van der Waals surface area contributed by atoms with Crippen LogP contribution in [0.4, 0.5) is 0 Å². The minimum absolute atomic E-state index is 0.0409. The summed E-state index contributed by atoms with van der Waals surface area (Å²) in [5.41, 5.74) is -0.999. The zero-order valence-corrected chi connectivity index (χ0v) is 12.1. The van der Waals surface area contributed by atoms with Crippen molar-refractivity contribution in [1.82, 2.24) is 5.32 Å². The molecule has 2 unspecified atom stereocenters. The van der Waals surface area contributed by atoms with E-state index in [1.54, 1.807) is 0 Å². The maximum absolute atomic E-state index is 11.6. The summed E-state index contributed by atoms with van der Waals surface area (Å²) in [5, 5.41) is 12.7. The Morgan fingerprint density at radius 2 is 2.17 bits per heavy atom. The van der Waals surface area contributed by atoms with Gasteiger partial charge < -0.3 is 15.2 Å². The van der Waals surface area contributed by atoms with E-state index in [1.807, 2.05) is 20.8 Å². The molecule has 0 spiro atoms. The van der Waals surface area contributed by atoms with Crippen LogP contribution >= 0.6 is 0 Å². The van der Waals surface area contributed by atoms with Gasteiger partial charge in [0.05, 0.1) is 11.7 Å². The van der Waals surface area contributed by atoms with Gasteiger partial charge in [0.25, 0.3) is 0 Å². The second-order valence-corrected chi connectivity index (χ2v) is 6.26. The van der Waals surface area contributed by atoms with Crippen molar-refractivity contribution in [3.05, 3.63) is 0 Å². The largest absolute Gasteiger partial charge is 0.480 e. The van der Waals surface area contributed by atoms with Crippen LogP contribution in [0.2, 0.25) is 0 Å². The second kappa shape index (κ2) is 6.02. The SMILES string of the molecule is CCCNC1(C(=O)O)CCCC(OC(C)(C)C)C1. The van der Waals surface area contributed by atoms with Gasteiger partial charge in [0, 0.05) is 6.42 Å². The molecule has 0 aliphatic heterocycles. The van der Waals surface area contributed by atoms with Gasteiger partial charge >= 0.3 is 5.97 Å². The third-order valence-corrected chi connectivity index (χ3v) is 3.35. The fourth-order valence-corrected chi connectivity index (χ4v) is 2.62. The molecule has 4 nitrogen and oxygen atoms in total. The Bertz CT molecular complexity index is 285. The van der Waals surface area contributed by atoms with Crippen molar-refractivity contribution < 1.29 is 14.6 Å². The van der Waals surface area contributed by atoms with Crippen molar-refractivity contribution in [1.29, 1.82) is 0 Å². The van der Waals surface area contributed by atoms with E-state index in [0.717, 1.165) is 25.8 Å². The van der Waals surface area contributed by atoms with E-state index in [9.17, 15) is 9.90 Å². The number of rotatable bonds is 5. The number of hydrogen-bond acceptors (Lipinski definition) is 3. The standard InChI is InChI=1S/C14H27NO3/c1-5-9-15-14(12(16)17)8-6-7-11(10-14)18-13(2,3)4/h11,15H,5-10H2,1-4H3,(H,16,17). The summed E-state index contributed by atoms with van der Waals surface area (Å²) in [7, 11) is 0. The van der Waals surface area contributed by atoms with Gasteiger partial charge in [-0.2, -0.15) is 0 Å². The molecule has 1 saturated carbocycles. The molecule has 0 radical (unpaired) electrons. The number of ether oxygens (including phenoxy) is 1. The van der Waals surface area contributed by atoms with Crippen molar-refractivity contribution in [2.24, 2.45) is 0 Å². The van der Waals surface area contributed by atoms with Gasteiger partial charge in [-0.25, -0.2) is 0 Å². The smallest absolute Gasteiger partial charge is 0.323 e. The second-order valence-electron chi connectivity index (χ2n) is 6.26. The Kier molecular flexibility index (Phi) is 5.17. The number of nitrogens with one attached hydrogen (secondary N) is 1. The predicted octanol–water partition coefficient (Wildman–Crippen LogP) is 2.57. The van der Waals surface area contributed by atoms with Gasteiger partial charge in [-0.3, -0.25) is 4.79 Å². The first-order valence-electron chi connectivity index (χ1n) is 6.95. The topological polar surface area (TPSA) is 58.6 Å². The van der Waals surface area contributed by atoms with E-state index >= 15 is 0 Å². The van der Waals surface area contributed by atoms with Crippen LogP contribution in [0.25, 0.3) is 0 Å². The van der Waals surface area contributed by atoms with Crippen LogP contribution in [-0.4, -0.2) is 34.9 Å². The minimum atomic E-state index is -0.788. The normalized spacial score (nSPS) is 29.2. The molecule has 2 N–H and O–H groups in total. The Morgan fingerprint density at radius 1 is 1.50 bits per heavy atom. The lowest BCUT2D eigenvalue weighted by Crippen LogP contribution is -2.56. The van der Waals surface area contributed by atoms with Crippen LogP contribution in [-0.2, 0) is 9.53 Å². The summed E-state index contributed by atoms with van der Waals surface area (Å²) in [6, 6.07) is 0. The van der Waals surface area contributed by atoms with Crippen molar-refractivity contribution >= 4 is 5.97 Å². The lowest BCUT2D eigenvalue weighted by atomic mass is 9.79. The molecule has 1 rings (SSSR count). The molecule has 0 aromatic rings. The van der Waals surface area contributed by atoms with Gasteiger partial charge in [0.2, 0.25) is 0 Å². The Balaban J connectivity index is 2.70. The molecule has 1 aliphatic rings. The number of carboxylic acid groups (broad SMARTS) is 1. The van der Waals surface area contributed by atoms with Gasteiger partial charge in [0.1, 0.15) is 5.54 Å². The Hall–Kier alpha value is -0.610. The summed E-state index contributed by atoms with van der Waals surface area (Å²) in [4.78, 5) is 11.6. The minimum Gasteiger partial charge on any atom is -0.480 e. The lowest BCUT2D eigenvalue weighted by Gasteiger charge is -2.40. The highest BCUT2D eigenvalue weighted by Gasteiger charge is 2.43. The van der Waals surface area contributed by atoms with E-state index in [4.69, 9.17) is 4.74 Å². The van der Waals surface area contributed by atoms with Crippen LogP contribution in [0.5, 0.6) is 0 Å². The quantitative estimate of drug-likeness (QED) is 0.794. The molecule has 0 amide bonds. The predicted molar refractivity (Wildman–Crippen MR) is 71.8 cm³/mol. The van der Waals surface area contributed by atoms with Gasteiger partial charge in [0.15, 0.2) is 0 Å². The monoisotopic (exact) mass is 257 g/mol. The van der Waals surface area contributed by atoms with E-state index in [-0.39, 0.29) is 11.7 Å². The van der Waals surface area contributed by atoms with Crippen molar-refractivity contribution in [3.8, 4) is 0 Å². The van der Waals surface area contributed by atoms with Crippen LogP contribution in [0.3, 0.4) is 0 Å². The summed E-state index contributed by atoms with van der Waals surface area (Å²) < 4.78 is 5.96. The first kappa shape index (κ1) is 15.4. The van der Waals surface area contributed by atoms with Crippen molar-refractivity contribution in [2.75, 3.05) is 6.54 Å². The first-order valence-corrected chi connectivity index (χ1v) is 6.95. The Labute approximate surface area is 110 Å². The molecule has 18 heavy (non-hydrogen) atoms. The molecule has 4 heteroatoms. The summed E-state index contributed by atoms with van der Waals surface area (Å²) in [6.07, 6.45) is 4.12. The molecule has 0 aromatic heterocycles. The Morgan fingerprint density at radius 3 is 2.67 bits per heavy atom. The summed E-state index contributed by atoms with van der Waals surface area (Å²) in [6.45, 7) is 8.85. The number of carboxylic acids is 1. The summed E-state index contributed by atoms with van der Waals surface area (Å²) >= 11 is 0. The third kappa shape index (κ3) is 4.25. The van der Waals surface area contributed by atoms with Crippen LogP contribution in [0, 0.1) is 0 Å². The number of aliphatic carboxylic acids is 1. The molecule has 0 heterocycles. The molecule has 106 valence electrons. The van der Waals surface area contributed by atoms with Crippen LogP contribution < -0.4 is 5.32 Å². The molecule has 0 bridgehead atoms. The fourth-order valence-electron chi connectivity index (χ4n) is 2.62. The van der Waals surface area contributed by atoms with Crippen LogP contribution in [0.15, 0.2) is 0 Å². The van der Waals surface area contributed by atoms with E-state index in [2.05, 4.69) is 12.2 Å². The molecule has 1 fully saturated rings. The van der Waals surface area contributed by atoms with Gasteiger partial charge in [-0.05, 0) is 53.0 Å². The summed E-state index contributed by atoms with van der Waals surface area (Å²) in [5.74, 6) is -0.738. The highest BCUT2D eigenvalue weighted by Crippen LogP contribution is 2.32. The lowest BCUT2D eigenvalue weighted by molar-refractivity contribution is -0.152. The molecule has 0 aromatic carbocycles. The van der Waals surface area contributed by atoms with Crippen molar-refractivity contribution in [2.45, 2.75) is 77.0 Å². The maximum Gasteiger partial charge on any atom is 0.323 e. The van der Waals surface area contributed by atoms with Gasteiger partial charge in [-0.15, -0.1) is 0 Å². The zero-order valence-electron chi connectivity index (χ0n) is 12.1. The molecular weight excluding hydrogens is 230 g/mol. The molecule has 2 atom stereocenters. The molecule has 1 aliphatic carbocycles. The van der Waals surface area contributed by atoms with E-state index in [0.29, 0.717) is 12.8 Å². The fraction of sp³-hybridized carbons (Fsp3) is 0.929. The maximum atomic E-state index is 11.6. The zero-order chi connectivity index (χ0) is 13.8. The molecular formula is C14H27NO3. The third-order valence-electron chi connectivity index (χ3n) is 3.35. The van der Waals surface area contributed by atoms with Crippen molar-refractivity contribution in [3.63, 3.8) is 0 Å². The molecule has 0 saturated heterocycles. The van der Waals surface area contributed by atoms with Crippen LogP contribution in [0.1, 0.15) is 59.8 Å². The average molecular weight is 257 g/mol. The highest BCUT2D eigenvalue weighted by atomic mass is 16.5. The van der Waals surface area contributed by atoms with E-state index < -0.39 is 11.5 Å².